The summed E-state index contributed by atoms with van der Waals surface area (Å²) < 4.78 is 3.19. The van der Waals surface area contributed by atoms with Crippen LogP contribution in [0.3, 0.4) is 0 Å². The van der Waals surface area contributed by atoms with Gasteiger partial charge < -0.3 is 16.6 Å². The first-order valence-corrected chi connectivity index (χ1v) is 3.27. The van der Waals surface area contributed by atoms with Crippen LogP contribution in [-0.4, -0.2) is 23.7 Å². The molecule has 0 amide bonds. The van der Waals surface area contributed by atoms with Crippen LogP contribution in [0.2, 0.25) is 0 Å². The average Bonchev–Trinajstić information content (AvgIpc) is 1.88. The van der Waals surface area contributed by atoms with Gasteiger partial charge in [0.05, 0.1) is 30.2 Å². The number of hydrogen-bond acceptors (Lipinski definition) is 4. The molecule has 0 aromatic carbocycles. The van der Waals surface area contributed by atoms with Gasteiger partial charge in [-0.2, -0.15) is 3.84 Å². The van der Waals surface area contributed by atoms with Crippen molar-refractivity contribution >= 4 is 29.7 Å². The molecule has 5 N–H and O–H groups in total. The standard InChI is InChI=1S/C4H10N2O2.Cl2O/c5-2-3(6)1-4(7)8;1-3-2/h3H,1-2,5-6H2,(H,7,8);. The maximum Gasteiger partial charge on any atom is 0.304 e. The zero-order valence-corrected chi connectivity index (χ0v) is 7.18. The first-order valence-electron chi connectivity index (χ1n) is 2.65. The van der Waals surface area contributed by atoms with Gasteiger partial charge in [-0.1, -0.05) is 0 Å². The highest BCUT2D eigenvalue weighted by Crippen LogP contribution is 1.82. The van der Waals surface area contributed by atoms with E-state index in [1.165, 1.54) is 0 Å². The smallest absolute Gasteiger partial charge is 0.304 e. The van der Waals surface area contributed by atoms with Crippen LogP contribution in [0.15, 0.2) is 0 Å². The Kier molecular flexibility index (Phi) is 12.2. The van der Waals surface area contributed by atoms with Crippen LogP contribution in [0, 0.1) is 0 Å². The van der Waals surface area contributed by atoms with E-state index in [-0.39, 0.29) is 13.0 Å². The van der Waals surface area contributed by atoms with Gasteiger partial charge in [0.1, 0.15) is 0 Å². The molecule has 0 saturated heterocycles. The Bertz CT molecular complexity index is 103. The first kappa shape index (κ1) is 13.5. The lowest BCUT2D eigenvalue weighted by molar-refractivity contribution is -0.137. The van der Waals surface area contributed by atoms with Crippen LogP contribution in [-0.2, 0) is 8.64 Å². The van der Waals surface area contributed by atoms with Crippen molar-refractivity contribution in [2.45, 2.75) is 12.5 Å². The molecule has 0 aliphatic rings. The number of halogens is 2. The second-order valence-corrected chi connectivity index (χ2v) is 2.12. The molecule has 5 nitrogen and oxygen atoms in total. The van der Waals surface area contributed by atoms with Crippen molar-refractivity contribution in [1.29, 1.82) is 0 Å². The number of carboxylic acid groups (broad SMARTS) is 1. The van der Waals surface area contributed by atoms with E-state index in [1.54, 1.807) is 0 Å². The normalized spacial score (nSPS) is 11.3. The Morgan fingerprint density at radius 3 is 2.09 bits per heavy atom. The van der Waals surface area contributed by atoms with Gasteiger partial charge in [-0.25, -0.2) is 0 Å². The van der Waals surface area contributed by atoms with E-state index in [4.69, 9.17) is 16.6 Å². The van der Waals surface area contributed by atoms with Crippen molar-refractivity contribution in [3.63, 3.8) is 0 Å². The SMILES string of the molecule is ClOCl.NCC(N)CC(=O)O. The lowest BCUT2D eigenvalue weighted by Gasteiger charge is -2.01. The van der Waals surface area contributed by atoms with Crippen LogP contribution in [0.4, 0.5) is 0 Å². The first-order chi connectivity index (χ1) is 5.08. The van der Waals surface area contributed by atoms with Crippen molar-refractivity contribution in [2.24, 2.45) is 11.5 Å². The molecule has 0 aromatic heterocycles. The van der Waals surface area contributed by atoms with Gasteiger partial charge in [-0.05, 0) is 0 Å². The molecule has 1 unspecified atom stereocenters. The molecule has 0 spiro atoms. The third-order valence-corrected chi connectivity index (χ3v) is 0.740. The molecule has 1 atom stereocenters. The van der Waals surface area contributed by atoms with E-state index in [0.29, 0.717) is 0 Å². The average molecular weight is 205 g/mol. The van der Waals surface area contributed by atoms with Crippen molar-refractivity contribution in [3.05, 3.63) is 0 Å². The zero-order valence-electron chi connectivity index (χ0n) is 5.67. The second kappa shape index (κ2) is 9.93. The fourth-order valence-electron chi connectivity index (χ4n) is 0.308. The van der Waals surface area contributed by atoms with Crippen LogP contribution in [0.5, 0.6) is 0 Å². The molecule has 0 rings (SSSR count). The van der Waals surface area contributed by atoms with Crippen LogP contribution in [0.25, 0.3) is 0 Å². The topological polar surface area (TPSA) is 98.6 Å². The minimum Gasteiger partial charge on any atom is -0.481 e. The summed E-state index contributed by atoms with van der Waals surface area (Å²) in [7, 11) is 0. The Hall–Kier alpha value is -0.0700. The van der Waals surface area contributed by atoms with E-state index in [2.05, 4.69) is 27.6 Å². The van der Waals surface area contributed by atoms with Gasteiger partial charge in [-0.3, -0.25) is 4.79 Å². The third-order valence-electron chi connectivity index (χ3n) is 0.740. The molecule has 0 bridgehead atoms. The quantitative estimate of drug-likeness (QED) is 0.604. The maximum absolute atomic E-state index is 9.83. The minimum atomic E-state index is -0.900. The van der Waals surface area contributed by atoms with Crippen molar-refractivity contribution in [1.82, 2.24) is 0 Å². The van der Waals surface area contributed by atoms with Gasteiger partial charge in [0, 0.05) is 12.6 Å². The monoisotopic (exact) mass is 204 g/mol. The van der Waals surface area contributed by atoms with Crippen molar-refractivity contribution in [2.75, 3.05) is 6.54 Å². The van der Waals surface area contributed by atoms with Crippen LogP contribution >= 0.6 is 23.7 Å². The maximum atomic E-state index is 9.83. The molecule has 0 aliphatic heterocycles. The summed E-state index contributed by atoms with van der Waals surface area (Å²) >= 11 is 8.53. The Labute approximate surface area is 74.5 Å². The van der Waals surface area contributed by atoms with E-state index in [0.717, 1.165) is 0 Å². The largest absolute Gasteiger partial charge is 0.481 e. The lowest BCUT2D eigenvalue weighted by atomic mass is 10.2. The summed E-state index contributed by atoms with van der Waals surface area (Å²) in [6.07, 6.45) is -0.0451. The van der Waals surface area contributed by atoms with Crippen LogP contribution < -0.4 is 11.5 Å². The highest BCUT2D eigenvalue weighted by Gasteiger charge is 2.03. The molecule has 0 heterocycles. The summed E-state index contributed by atoms with van der Waals surface area (Å²) in [5.74, 6) is -0.900. The van der Waals surface area contributed by atoms with Crippen LogP contribution in [0.1, 0.15) is 6.42 Å². The third kappa shape index (κ3) is 17.8. The Morgan fingerprint density at radius 1 is 1.64 bits per heavy atom. The summed E-state index contributed by atoms with van der Waals surface area (Å²) in [5.41, 5.74) is 10.2. The number of aliphatic carboxylic acids is 1. The molecule has 7 heteroatoms. The molecular formula is C4H10Cl2N2O3. The number of hydrogen-bond donors (Lipinski definition) is 3. The van der Waals surface area contributed by atoms with Gasteiger partial charge >= 0.3 is 5.97 Å². The fourth-order valence-corrected chi connectivity index (χ4v) is 0.308. The molecule has 68 valence electrons. The number of carbonyl (C=O) groups is 1. The Morgan fingerprint density at radius 2 is 2.00 bits per heavy atom. The van der Waals surface area contributed by atoms with Gasteiger partial charge in [0.15, 0.2) is 0 Å². The predicted octanol–water partition coefficient (Wildman–Crippen LogP) is 0.0577. The molecule has 0 aliphatic carbocycles. The van der Waals surface area contributed by atoms with E-state index >= 15 is 0 Å². The highest BCUT2D eigenvalue weighted by molar-refractivity contribution is 6.24. The summed E-state index contributed by atoms with van der Waals surface area (Å²) in [6, 6.07) is -0.396. The van der Waals surface area contributed by atoms with Gasteiger partial charge in [0.2, 0.25) is 0 Å². The Balaban J connectivity index is 0. The molecular weight excluding hydrogens is 195 g/mol. The molecule has 0 radical (unpaired) electrons. The highest BCUT2D eigenvalue weighted by atomic mass is 35.6. The molecule has 11 heavy (non-hydrogen) atoms. The minimum absolute atomic E-state index is 0.0451. The van der Waals surface area contributed by atoms with E-state index < -0.39 is 12.0 Å². The summed E-state index contributed by atoms with van der Waals surface area (Å²) in [5, 5.41) is 8.08. The fraction of sp³-hybridized carbons (Fsp3) is 0.750. The van der Waals surface area contributed by atoms with E-state index in [1.807, 2.05) is 0 Å². The van der Waals surface area contributed by atoms with E-state index in [9.17, 15) is 4.79 Å². The van der Waals surface area contributed by atoms with Crippen molar-refractivity contribution in [3.8, 4) is 0 Å². The summed E-state index contributed by atoms with van der Waals surface area (Å²) in [6.45, 7) is 0.228. The number of rotatable bonds is 3. The second-order valence-electron chi connectivity index (χ2n) is 1.65. The lowest BCUT2D eigenvalue weighted by Crippen LogP contribution is -2.31. The predicted molar refractivity (Wildman–Crippen MR) is 42.1 cm³/mol. The molecule has 0 fully saturated rings. The zero-order chi connectivity index (χ0) is 9.28. The summed E-state index contributed by atoms with van der Waals surface area (Å²) in [4.78, 5) is 9.83. The number of nitrogens with two attached hydrogens (primary N) is 2. The molecule has 0 aromatic rings. The van der Waals surface area contributed by atoms with Gasteiger partial charge in [0.25, 0.3) is 0 Å². The molecule has 0 saturated carbocycles. The number of carboxylic acids is 1. The van der Waals surface area contributed by atoms with Gasteiger partial charge in [-0.15, -0.1) is 0 Å². The van der Waals surface area contributed by atoms with Crippen molar-refractivity contribution < 1.29 is 13.7 Å².